The highest BCUT2D eigenvalue weighted by molar-refractivity contribution is 5.58. The third kappa shape index (κ3) is 3.94. The van der Waals surface area contributed by atoms with Crippen molar-refractivity contribution in [2.75, 3.05) is 30.4 Å². The van der Waals surface area contributed by atoms with Crippen LogP contribution in [0.3, 0.4) is 0 Å². The number of likely N-dealkylation sites (N-methyl/N-ethyl adjacent to an activating group) is 1. The molecule has 1 N–H and O–H groups in total. The van der Waals surface area contributed by atoms with Gasteiger partial charge in [0.05, 0.1) is 0 Å². The van der Waals surface area contributed by atoms with E-state index in [0.29, 0.717) is 0 Å². The van der Waals surface area contributed by atoms with Crippen molar-refractivity contribution in [1.82, 2.24) is 9.97 Å². The molecule has 0 saturated carbocycles. The zero-order chi connectivity index (χ0) is 15.1. The van der Waals surface area contributed by atoms with E-state index in [1.54, 1.807) is 6.33 Å². The Morgan fingerprint density at radius 2 is 1.86 bits per heavy atom. The molecule has 0 aliphatic rings. The predicted molar refractivity (Wildman–Crippen MR) is 89.0 cm³/mol. The lowest BCUT2D eigenvalue weighted by Crippen LogP contribution is -2.23. The van der Waals surface area contributed by atoms with Crippen molar-refractivity contribution in [3.05, 3.63) is 47.8 Å². The highest BCUT2D eigenvalue weighted by Gasteiger charge is 2.12. The van der Waals surface area contributed by atoms with E-state index in [1.807, 2.05) is 0 Å². The van der Waals surface area contributed by atoms with E-state index in [9.17, 15) is 0 Å². The van der Waals surface area contributed by atoms with Crippen LogP contribution in [0.25, 0.3) is 0 Å². The lowest BCUT2D eigenvalue weighted by molar-refractivity contribution is 0.842. The van der Waals surface area contributed by atoms with Crippen molar-refractivity contribution in [3.8, 4) is 0 Å². The Labute approximate surface area is 127 Å². The van der Waals surface area contributed by atoms with Gasteiger partial charge in [-0.2, -0.15) is 0 Å². The van der Waals surface area contributed by atoms with E-state index in [0.717, 1.165) is 37.6 Å². The molecule has 21 heavy (non-hydrogen) atoms. The molecule has 0 unspecified atom stereocenters. The second kappa shape index (κ2) is 7.62. The third-order valence-corrected chi connectivity index (χ3v) is 3.56. The topological polar surface area (TPSA) is 41.1 Å². The Morgan fingerprint density at radius 1 is 1.10 bits per heavy atom. The molecule has 2 rings (SSSR count). The second-order valence-corrected chi connectivity index (χ2v) is 5.07. The minimum absolute atomic E-state index is 0.872. The van der Waals surface area contributed by atoms with Gasteiger partial charge in [-0.15, -0.1) is 0 Å². The first-order chi connectivity index (χ1) is 10.3. The number of rotatable bonds is 7. The summed E-state index contributed by atoms with van der Waals surface area (Å²) in [5.41, 5.74) is 2.54. The molecule has 1 aromatic heterocycles. The van der Waals surface area contributed by atoms with Crippen LogP contribution >= 0.6 is 0 Å². The SMILES string of the molecule is CCNc1ncnc(N(C)CCc2ccccc2)c1CC. The maximum atomic E-state index is 4.48. The van der Waals surface area contributed by atoms with Crippen LogP contribution < -0.4 is 10.2 Å². The molecule has 0 atom stereocenters. The fraction of sp³-hybridized carbons (Fsp3) is 0.412. The van der Waals surface area contributed by atoms with Crippen LogP contribution in [0.2, 0.25) is 0 Å². The predicted octanol–water partition coefficient (Wildman–Crippen LogP) is 3.15. The minimum Gasteiger partial charge on any atom is -0.370 e. The molecule has 0 amide bonds. The van der Waals surface area contributed by atoms with E-state index in [1.165, 1.54) is 11.1 Å². The summed E-state index contributed by atoms with van der Waals surface area (Å²) in [6.45, 7) is 6.05. The fourth-order valence-corrected chi connectivity index (χ4v) is 2.42. The van der Waals surface area contributed by atoms with Gasteiger partial charge in [0.25, 0.3) is 0 Å². The largest absolute Gasteiger partial charge is 0.370 e. The van der Waals surface area contributed by atoms with Gasteiger partial charge < -0.3 is 10.2 Å². The Kier molecular flexibility index (Phi) is 5.55. The summed E-state index contributed by atoms with van der Waals surface area (Å²) in [5, 5.41) is 3.32. The number of hydrogen-bond donors (Lipinski definition) is 1. The van der Waals surface area contributed by atoms with Gasteiger partial charge in [-0.3, -0.25) is 0 Å². The molecule has 0 bridgehead atoms. The van der Waals surface area contributed by atoms with Crippen molar-refractivity contribution < 1.29 is 0 Å². The molecule has 0 spiro atoms. The van der Waals surface area contributed by atoms with E-state index in [2.05, 4.69) is 71.4 Å². The van der Waals surface area contributed by atoms with Crippen LogP contribution in [0.15, 0.2) is 36.7 Å². The number of aromatic nitrogens is 2. The van der Waals surface area contributed by atoms with Crippen molar-refractivity contribution in [3.63, 3.8) is 0 Å². The summed E-state index contributed by atoms with van der Waals surface area (Å²) in [7, 11) is 2.10. The standard InChI is InChI=1S/C17H24N4/c1-4-15-16(18-5-2)19-13-20-17(15)21(3)12-11-14-9-7-6-8-10-14/h6-10,13H,4-5,11-12H2,1-3H3,(H,18,19,20). The zero-order valence-corrected chi connectivity index (χ0v) is 13.1. The molecule has 0 fully saturated rings. The lowest BCUT2D eigenvalue weighted by Gasteiger charge is -2.22. The first-order valence-corrected chi connectivity index (χ1v) is 7.59. The average Bonchev–Trinajstić information content (AvgIpc) is 2.53. The van der Waals surface area contributed by atoms with Crippen LogP contribution in [0.4, 0.5) is 11.6 Å². The van der Waals surface area contributed by atoms with Crippen LogP contribution in [-0.4, -0.2) is 30.1 Å². The zero-order valence-electron chi connectivity index (χ0n) is 13.1. The summed E-state index contributed by atoms with van der Waals surface area (Å²) < 4.78 is 0. The fourth-order valence-electron chi connectivity index (χ4n) is 2.42. The summed E-state index contributed by atoms with van der Waals surface area (Å²) in [6, 6.07) is 10.5. The van der Waals surface area contributed by atoms with Crippen LogP contribution in [0, 0.1) is 0 Å². The first kappa shape index (κ1) is 15.3. The Balaban J connectivity index is 2.11. The van der Waals surface area contributed by atoms with Crippen LogP contribution in [0.5, 0.6) is 0 Å². The van der Waals surface area contributed by atoms with Crippen molar-refractivity contribution in [2.45, 2.75) is 26.7 Å². The van der Waals surface area contributed by atoms with Crippen molar-refractivity contribution >= 4 is 11.6 Å². The van der Waals surface area contributed by atoms with Crippen molar-refractivity contribution in [2.24, 2.45) is 0 Å². The van der Waals surface area contributed by atoms with E-state index in [4.69, 9.17) is 0 Å². The number of anilines is 2. The van der Waals surface area contributed by atoms with Crippen molar-refractivity contribution in [1.29, 1.82) is 0 Å². The molecule has 0 aliphatic heterocycles. The van der Waals surface area contributed by atoms with E-state index >= 15 is 0 Å². The smallest absolute Gasteiger partial charge is 0.137 e. The maximum absolute atomic E-state index is 4.48. The molecular formula is C17H24N4. The summed E-state index contributed by atoms with van der Waals surface area (Å²) >= 11 is 0. The van der Waals surface area contributed by atoms with Crippen LogP contribution in [-0.2, 0) is 12.8 Å². The summed E-state index contributed by atoms with van der Waals surface area (Å²) in [5.74, 6) is 1.98. The molecule has 2 aromatic rings. The van der Waals surface area contributed by atoms with Gasteiger partial charge in [0, 0.05) is 25.7 Å². The van der Waals surface area contributed by atoms with Gasteiger partial charge in [0.2, 0.25) is 0 Å². The maximum Gasteiger partial charge on any atom is 0.137 e. The highest BCUT2D eigenvalue weighted by atomic mass is 15.2. The van der Waals surface area contributed by atoms with Gasteiger partial charge in [-0.05, 0) is 25.3 Å². The molecule has 1 heterocycles. The molecule has 0 aliphatic carbocycles. The summed E-state index contributed by atoms with van der Waals surface area (Å²) in [6.07, 6.45) is 3.58. The average molecular weight is 284 g/mol. The van der Waals surface area contributed by atoms with Gasteiger partial charge >= 0.3 is 0 Å². The molecular weight excluding hydrogens is 260 g/mol. The monoisotopic (exact) mass is 284 g/mol. The van der Waals surface area contributed by atoms with E-state index < -0.39 is 0 Å². The number of benzene rings is 1. The molecule has 112 valence electrons. The van der Waals surface area contributed by atoms with Gasteiger partial charge in [0.1, 0.15) is 18.0 Å². The molecule has 0 radical (unpaired) electrons. The minimum atomic E-state index is 0.872. The Hall–Kier alpha value is -2.10. The second-order valence-electron chi connectivity index (χ2n) is 5.07. The third-order valence-electron chi connectivity index (χ3n) is 3.56. The van der Waals surface area contributed by atoms with Gasteiger partial charge in [-0.1, -0.05) is 37.3 Å². The Bertz CT molecular complexity index is 554. The lowest BCUT2D eigenvalue weighted by atomic mass is 10.1. The molecule has 4 nitrogen and oxygen atoms in total. The number of nitrogens with zero attached hydrogens (tertiary/aromatic N) is 3. The van der Waals surface area contributed by atoms with E-state index in [-0.39, 0.29) is 0 Å². The number of hydrogen-bond acceptors (Lipinski definition) is 4. The highest BCUT2D eigenvalue weighted by Crippen LogP contribution is 2.23. The summed E-state index contributed by atoms with van der Waals surface area (Å²) in [4.78, 5) is 11.0. The molecule has 0 saturated heterocycles. The van der Waals surface area contributed by atoms with Gasteiger partial charge in [-0.25, -0.2) is 9.97 Å². The quantitative estimate of drug-likeness (QED) is 0.848. The normalized spacial score (nSPS) is 10.4. The molecule has 1 aromatic carbocycles. The first-order valence-electron chi connectivity index (χ1n) is 7.59. The number of nitrogens with one attached hydrogen (secondary N) is 1. The Morgan fingerprint density at radius 3 is 2.52 bits per heavy atom. The van der Waals surface area contributed by atoms with Crippen LogP contribution in [0.1, 0.15) is 25.0 Å². The van der Waals surface area contributed by atoms with Gasteiger partial charge in [0.15, 0.2) is 0 Å². The molecule has 4 heteroatoms.